The van der Waals surface area contributed by atoms with Crippen LogP contribution in [0.2, 0.25) is 0 Å². The molecule has 0 bridgehead atoms. The van der Waals surface area contributed by atoms with Gasteiger partial charge in [-0.1, -0.05) is 13.8 Å². The third-order valence-corrected chi connectivity index (χ3v) is 4.41. The molecule has 1 aliphatic rings. The number of carbonyl (C=O) groups is 1. The molecule has 1 aliphatic heterocycles. The molecule has 0 saturated carbocycles. The van der Waals surface area contributed by atoms with Gasteiger partial charge in [-0.15, -0.1) is 24.8 Å². The lowest BCUT2D eigenvalue weighted by Crippen LogP contribution is -2.35. The van der Waals surface area contributed by atoms with Crippen molar-refractivity contribution >= 4 is 36.4 Å². The summed E-state index contributed by atoms with van der Waals surface area (Å²) in [6.45, 7) is 8.02. The number of likely N-dealkylation sites (N-methyl/N-ethyl adjacent to an activating group) is 1. The quantitative estimate of drug-likeness (QED) is 0.562. The molecule has 1 aromatic rings. The van der Waals surface area contributed by atoms with Gasteiger partial charge in [0.05, 0.1) is 19.3 Å². The third-order valence-electron chi connectivity index (χ3n) is 4.41. The Morgan fingerprint density at radius 3 is 2.56 bits per heavy atom. The van der Waals surface area contributed by atoms with E-state index >= 15 is 0 Å². The summed E-state index contributed by atoms with van der Waals surface area (Å²) in [7, 11) is 1.59. The number of nitrogens with zero attached hydrogens (tertiary/aromatic N) is 1. The summed E-state index contributed by atoms with van der Waals surface area (Å²) in [5.74, 6) is 1.08. The van der Waals surface area contributed by atoms with Gasteiger partial charge >= 0.3 is 0 Å². The standard InChI is InChI=1S/C18H29N3O4.2ClH/c1-4-21(5-2)8-9-25-17-10-13(6-7-16(17)24-3)20-18(23)15-11-14(22)12-19-15;;/h6-7,10,14-15,19,22H,4-5,8-9,11-12H2,1-3H3,(H,20,23);2*1H. The van der Waals surface area contributed by atoms with Gasteiger partial charge in [-0.05, 0) is 31.6 Å². The highest BCUT2D eigenvalue weighted by Gasteiger charge is 2.28. The normalized spacial score (nSPS) is 18.4. The number of nitrogens with one attached hydrogen (secondary N) is 2. The first kappa shape index (κ1) is 25.8. The Morgan fingerprint density at radius 2 is 2.00 bits per heavy atom. The van der Waals surface area contributed by atoms with E-state index in [9.17, 15) is 9.90 Å². The maximum Gasteiger partial charge on any atom is 0.241 e. The molecule has 2 unspecified atom stereocenters. The molecule has 3 N–H and O–H groups in total. The second-order valence-corrected chi connectivity index (χ2v) is 6.08. The number of amides is 1. The Kier molecular flexibility index (Phi) is 12.4. The molecular weight excluding hydrogens is 393 g/mol. The smallest absolute Gasteiger partial charge is 0.241 e. The molecular formula is C18H31Cl2N3O4. The van der Waals surface area contributed by atoms with Crippen LogP contribution in [-0.4, -0.2) is 68.0 Å². The first-order valence-corrected chi connectivity index (χ1v) is 8.82. The van der Waals surface area contributed by atoms with Gasteiger partial charge in [0.1, 0.15) is 6.61 Å². The van der Waals surface area contributed by atoms with E-state index in [2.05, 4.69) is 29.4 Å². The van der Waals surface area contributed by atoms with E-state index in [-0.39, 0.29) is 36.8 Å². The summed E-state index contributed by atoms with van der Waals surface area (Å²) in [6, 6.07) is 4.95. The van der Waals surface area contributed by atoms with Gasteiger partial charge in [-0.25, -0.2) is 0 Å². The van der Waals surface area contributed by atoms with Crippen LogP contribution in [0.15, 0.2) is 18.2 Å². The summed E-state index contributed by atoms with van der Waals surface area (Å²) < 4.78 is 11.2. The number of hydrogen-bond acceptors (Lipinski definition) is 6. The zero-order chi connectivity index (χ0) is 18.2. The molecule has 0 radical (unpaired) electrons. The van der Waals surface area contributed by atoms with Crippen LogP contribution in [0.25, 0.3) is 0 Å². The molecule has 156 valence electrons. The molecule has 0 aliphatic carbocycles. The molecule has 7 nitrogen and oxygen atoms in total. The van der Waals surface area contributed by atoms with Crippen LogP contribution in [0.3, 0.4) is 0 Å². The second-order valence-electron chi connectivity index (χ2n) is 6.08. The van der Waals surface area contributed by atoms with E-state index in [0.717, 1.165) is 19.6 Å². The molecule has 1 amide bonds. The lowest BCUT2D eigenvalue weighted by Gasteiger charge is -2.19. The molecule has 2 rings (SSSR count). The molecule has 0 aromatic heterocycles. The number of hydrogen-bond donors (Lipinski definition) is 3. The number of halogens is 2. The zero-order valence-electron chi connectivity index (χ0n) is 16.1. The first-order chi connectivity index (χ1) is 12.1. The van der Waals surface area contributed by atoms with Crippen molar-refractivity contribution in [3.05, 3.63) is 18.2 Å². The van der Waals surface area contributed by atoms with Crippen molar-refractivity contribution in [2.45, 2.75) is 32.4 Å². The summed E-state index contributed by atoms with van der Waals surface area (Å²) in [4.78, 5) is 14.5. The average molecular weight is 424 g/mol. The minimum absolute atomic E-state index is 0. The van der Waals surface area contributed by atoms with E-state index in [1.165, 1.54) is 0 Å². The van der Waals surface area contributed by atoms with Gasteiger partial charge in [0.15, 0.2) is 11.5 Å². The number of rotatable bonds is 9. The highest BCUT2D eigenvalue weighted by molar-refractivity contribution is 5.95. The predicted octanol–water partition coefficient (Wildman–Crippen LogP) is 1.92. The lowest BCUT2D eigenvalue weighted by atomic mass is 10.2. The molecule has 9 heteroatoms. The van der Waals surface area contributed by atoms with Crippen molar-refractivity contribution in [1.82, 2.24) is 10.2 Å². The molecule has 1 aromatic carbocycles. The summed E-state index contributed by atoms with van der Waals surface area (Å²) in [5.41, 5.74) is 0.645. The predicted molar refractivity (Wildman–Crippen MR) is 112 cm³/mol. The van der Waals surface area contributed by atoms with Crippen molar-refractivity contribution in [1.29, 1.82) is 0 Å². The molecule has 1 fully saturated rings. The van der Waals surface area contributed by atoms with Gasteiger partial charge < -0.3 is 30.1 Å². The zero-order valence-corrected chi connectivity index (χ0v) is 17.7. The Bertz CT molecular complexity index is 574. The maximum absolute atomic E-state index is 12.2. The van der Waals surface area contributed by atoms with E-state index in [1.54, 1.807) is 25.3 Å². The van der Waals surface area contributed by atoms with Crippen LogP contribution in [-0.2, 0) is 4.79 Å². The first-order valence-electron chi connectivity index (χ1n) is 8.82. The second kappa shape index (κ2) is 13.0. The van der Waals surface area contributed by atoms with Crippen molar-refractivity contribution in [3.63, 3.8) is 0 Å². The molecule has 2 atom stereocenters. The van der Waals surface area contributed by atoms with Gasteiger partial charge in [-0.3, -0.25) is 4.79 Å². The number of aliphatic hydroxyl groups is 1. The van der Waals surface area contributed by atoms with Crippen LogP contribution in [0, 0.1) is 0 Å². The Morgan fingerprint density at radius 1 is 1.30 bits per heavy atom. The fraction of sp³-hybridized carbons (Fsp3) is 0.611. The van der Waals surface area contributed by atoms with Gasteiger partial charge in [0.25, 0.3) is 0 Å². The molecule has 0 spiro atoms. The maximum atomic E-state index is 12.2. The minimum atomic E-state index is -0.467. The number of β-amino-alcohol motifs (C(OH)–C–C–N with tert-alkyl or cyclic N) is 1. The third kappa shape index (κ3) is 7.71. The number of methoxy groups -OCH3 is 1. The lowest BCUT2D eigenvalue weighted by molar-refractivity contribution is -0.117. The number of benzene rings is 1. The number of aliphatic hydroxyl groups excluding tert-OH is 1. The Labute approximate surface area is 173 Å². The van der Waals surface area contributed by atoms with Crippen LogP contribution >= 0.6 is 24.8 Å². The largest absolute Gasteiger partial charge is 0.493 e. The number of ether oxygens (including phenoxy) is 2. The van der Waals surface area contributed by atoms with E-state index in [0.29, 0.717) is 36.8 Å². The van der Waals surface area contributed by atoms with E-state index in [4.69, 9.17) is 9.47 Å². The van der Waals surface area contributed by atoms with E-state index in [1.807, 2.05) is 0 Å². The summed E-state index contributed by atoms with van der Waals surface area (Å²) in [5, 5.41) is 15.4. The minimum Gasteiger partial charge on any atom is -0.493 e. The number of carbonyl (C=O) groups excluding carboxylic acids is 1. The van der Waals surface area contributed by atoms with Crippen LogP contribution < -0.4 is 20.1 Å². The van der Waals surface area contributed by atoms with Crippen LogP contribution in [0.4, 0.5) is 5.69 Å². The topological polar surface area (TPSA) is 83.1 Å². The van der Waals surface area contributed by atoms with Crippen molar-refractivity contribution in [2.24, 2.45) is 0 Å². The van der Waals surface area contributed by atoms with Crippen molar-refractivity contribution in [3.8, 4) is 11.5 Å². The molecule has 1 heterocycles. The highest BCUT2D eigenvalue weighted by atomic mass is 35.5. The van der Waals surface area contributed by atoms with Crippen LogP contribution in [0.5, 0.6) is 11.5 Å². The summed E-state index contributed by atoms with van der Waals surface area (Å²) >= 11 is 0. The average Bonchev–Trinajstić information content (AvgIpc) is 3.05. The number of anilines is 1. The Hall–Kier alpha value is -1.25. The van der Waals surface area contributed by atoms with Crippen molar-refractivity contribution < 1.29 is 19.4 Å². The van der Waals surface area contributed by atoms with Gasteiger partial charge in [0, 0.05) is 24.8 Å². The van der Waals surface area contributed by atoms with Gasteiger partial charge in [-0.2, -0.15) is 0 Å². The Balaban J connectivity index is 0.00000338. The fourth-order valence-corrected chi connectivity index (χ4v) is 2.84. The van der Waals surface area contributed by atoms with E-state index < -0.39 is 6.10 Å². The highest BCUT2D eigenvalue weighted by Crippen LogP contribution is 2.30. The SMILES string of the molecule is CCN(CC)CCOc1cc(NC(=O)C2CC(O)CN2)ccc1OC.Cl.Cl. The fourth-order valence-electron chi connectivity index (χ4n) is 2.84. The molecule has 1 saturated heterocycles. The molecule has 27 heavy (non-hydrogen) atoms. The summed E-state index contributed by atoms with van der Waals surface area (Å²) in [6.07, 6.45) is -0.0412. The van der Waals surface area contributed by atoms with Crippen LogP contribution in [0.1, 0.15) is 20.3 Å². The monoisotopic (exact) mass is 423 g/mol. The van der Waals surface area contributed by atoms with Crippen molar-refractivity contribution in [2.75, 3.05) is 45.2 Å². The van der Waals surface area contributed by atoms with Gasteiger partial charge in [0.2, 0.25) is 5.91 Å².